The molecule has 0 aliphatic carbocycles. The number of nitrogens with zero attached hydrogens (tertiary/aromatic N) is 1. The third-order valence-electron chi connectivity index (χ3n) is 2.27. The van der Waals surface area contributed by atoms with Crippen molar-refractivity contribution in [1.82, 2.24) is 4.98 Å². The predicted molar refractivity (Wildman–Crippen MR) is 70.8 cm³/mol. The molecule has 0 aliphatic heterocycles. The number of aromatic nitrogens is 1. The van der Waals surface area contributed by atoms with Crippen LogP contribution in [-0.4, -0.2) is 13.4 Å². The van der Waals surface area contributed by atoms with Gasteiger partial charge in [0, 0.05) is 5.69 Å². The van der Waals surface area contributed by atoms with Crippen LogP contribution in [0.5, 0.6) is 0 Å². The van der Waals surface area contributed by atoms with E-state index in [2.05, 4.69) is 4.98 Å². The van der Waals surface area contributed by atoms with Gasteiger partial charge in [-0.05, 0) is 24.3 Å². The van der Waals surface area contributed by atoms with Gasteiger partial charge < -0.3 is 5.73 Å². The van der Waals surface area contributed by atoms with Crippen molar-refractivity contribution in [3.63, 3.8) is 0 Å². The minimum Gasteiger partial charge on any atom is -0.399 e. The number of benzene rings is 1. The highest BCUT2D eigenvalue weighted by Gasteiger charge is 2.22. The number of sulfonamides is 1. The van der Waals surface area contributed by atoms with Crippen molar-refractivity contribution in [2.24, 2.45) is 0 Å². The van der Waals surface area contributed by atoms with Crippen LogP contribution in [-0.2, 0) is 10.0 Å². The van der Waals surface area contributed by atoms with E-state index < -0.39 is 31.6 Å². The Morgan fingerprint density at radius 1 is 1.25 bits per heavy atom. The summed E-state index contributed by atoms with van der Waals surface area (Å²) in [6.45, 7) is 0. The van der Waals surface area contributed by atoms with E-state index in [4.69, 9.17) is 17.3 Å². The van der Waals surface area contributed by atoms with Gasteiger partial charge in [0.15, 0.2) is 5.82 Å². The van der Waals surface area contributed by atoms with E-state index in [1.54, 1.807) is 0 Å². The molecule has 0 saturated heterocycles. The van der Waals surface area contributed by atoms with Crippen LogP contribution in [0, 0.1) is 11.6 Å². The number of halogens is 3. The van der Waals surface area contributed by atoms with Crippen LogP contribution in [0.1, 0.15) is 0 Å². The van der Waals surface area contributed by atoms with Gasteiger partial charge >= 0.3 is 0 Å². The van der Waals surface area contributed by atoms with E-state index in [1.807, 2.05) is 4.72 Å². The molecule has 106 valence electrons. The van der Waals surface area contributed by atoms with Gasteiger partial charge in [-0.15, -0.1) is 0 Å². The Bertz CT molecular complexity index is 751. The fraction of sp³-hybridized carbons (Fsp3) is 0. The molecule has 1 aromatic carbocycles. The SMILES string of the molecule is Nc1cc(Cl)c(F)c(S(=O)(=O)Nc2ccc(F)cn2)c1. The summed E-state index contributed by atoms with van der Waals surface area (Å²) < 4.78 is 52.5. The molecule has 0 spiro atoms. The Hall–Kier alpha value is -1.93. The fourth-order valence-corrected chi connectivity index (χ4v) is 2.84. The molecule has 3 N–H and O–H groups in total. The third kappa shape index (κ3) is 2.97. The number of anilines is 2. The van der Waals surface area contributed by atoms with Crippen LogP contribution in [0.3, 0.4) is 0 Å². The Labute approximate surface area is 118 Å². The largest absolute Gasteiger partial charge is 0.399 e. The first-order valence-corrected chi connectivity index (χ1v) is 7.04. The lowest BCUT2D eigenvalue weighted by Gasteiger charge is -2.09. The summed E-state index contributed by atoms with van der Waals surface area (Å²) in [5.74, 6) is -1.93. The summed E-state index contributed by atoms with van der Waals surface area (Å²) >= 11 is 5.54. The molecule has 1 heterocycles. The lowest BCUT2D eigenvalue weighted by molar-refractivity contribution is 0.570. The zero-order valence-electron chi connectivity index (χ0n) is 9.77. The first-order valence-electron chi connectivity index (χ1n) is 5.18. The van der Waals surface area contributed by atoms with Crippen LogP contribution in [0.25, 0.3) is 0 Å². The average molecular weight is 320 g/mol. The quantitative estimate of drug-likeness (QED) is 0.851. The summed E-state index contributed by atoms with van der Waals surface area (Å²) in [7, 11) is -4.28. The zero-order chi connectivity index (χ0) is 14.9. The number of pyridine rings is 1. The molecule has 0 aliphatic rings. The molecule has 2 rings (SSSR count). The second-order valence-corrected chi connectivity index (χ2v) is 5.84. The zero-order valence-corrected chi connectivity index (χ0v) is 11.3. The van der Waals surface area contributed by atoms with Crippen molar-refractivity contribution in [1.29, 1.82) is 0 Å². The Kier molecular flexibility index (Phi) is 3.78. The van der Waals surface area contributed by atoms with Crippen LogP contribution in [0.2, 0.25) is 5.02 Å². The molecule has 20 heavy (non-hydrogen) atoms. The van der Waals surface area contributed by atoms with Crippen molar-refractivity contribution in [2.75, 3.05) is 10.5 Å². The van der Waals surface area contributed by atoms with Crippen molar-refractivity contribution < 1.29 is 17.2 Å². The van der Waals surface area contributed by atoms with E-state index in [0.29, 0.717) is 0 Å². The molecule has 0 amide bonds. The molecule has 0 fully saturated rings. The monoisotopic (exact) mass is 319 g/mol. The molecule has 2 aromatic rings. The molecule has 0 unspecified atom stereocenters. The van der Waals surface area contributed by atoms with E-state index in [0.717, 1.165) is 30.5 Å². The molecular weight excluding hydrogens is 312 g/mol. The standard InChI is InChI=1S/C11H8ClF2N3O2S/c12-8-3-7(15)4-9(11(8)14)20(18,19)17-10-2-1-6(13)5-16-10/h1-5H,15H2,(H,16,17). The Morgan fingerprint density at radius 3 is 2.55 bits per heavy atom. The highest BCUT2D eigenvalue weighted by atomic mass is 35.5. The van der Waals surface area contributed by atoms with E-state index in [1.165, 1.54) is 0 Å². The minimum atomic E-state index is -4.28. The normalized spacial score (nSPS) is 11.3. The van der Waals surface area contributed by atoms with Crippen molar-refractivity contribution in [3.05, 3.63) is 47.1 Å². The van der Waals surface area contributed by atoms with Crippen LogP contribution in [0.15, 0.2) is 35.4 Å². The topological polar surface area (TPSA) is 85.1 Å². The summed E-state index contributed by atoms with van der Waals surface area (Å²) in [4.78, 5) is 2.80. The Morgan fingerprint density at radius 2 is 1.95 bits per heavy atom. The summed E-state index contributed by atoms with van der Waals surface area (Å²) in [5.41, 5.74) is 5.42. The maximum atomic E-state index is 13.8. The summed E-state index contributed by atoms with van der Waals surface area (Å²) in [6, 6.07) is 4.12. The van der Waals surface area contributed by atoms with Crippen LogP contribution in [0.4, 0.5) is 20.3 Å². The number of nitrogens with one attached hydrogen (secondary N) is 1. The summed E-state index contributed by atoms with van der Waals surface area (Å²) in [5, 5.41) is -0.419. The number of nitrogens with two attached hydrogens (primary N) is 1. The van der Waals surface area contributed by atoms with Gasteiger partial charge in [0.2, 0.25) is 0 Å². The molecular formula is C11H8ClF2N3O2S. The molecule has 0 atom stereocenters. The van der Waals surface area contributed by atoms with Gasteiger partial charge in [-0.2, -0.15) is 0 Å². The smallest absolute Gasteiger partial charge is 0.266 e. The number of hydrogen-bond donors (Lipinski definition) is 2. The fourth-order valence-electron chi connectivity index (χ4n) is 1.41. The first-order chi connectivity index (χ1) is 9.29. The van der Waals surface area contributed by atoms with Gasteiger partial charge in [0.1, 0.15) is 16.5 Å². The van der Waals surface area contributed by atoms with Gasteiger partial charge in [0.25, 0.3) is 10.0 Å². The highest BCUT2D eigenvalue weighted by molar-refractivity contribution is 7.92. The lowest BCUT2D eigenvalue weighted by Crippen LogP contribution is -2.16. The molecule has 0 radical (unpaired) electrons. The third-order valence-corrected chi connectivity index (χ3v) is 3.90. The number of rotatable bonds is 3. The van der Waals surface area contributed by atoms with Crippen molar-refractivity contribution >= 4 is 33.1 Å². The molecule has 9 heteroatoms. The van der Waals surface area contributed by atoms with Gasteiger partial charge in [-0.1, -0.05) is 11.6 Å². The maximum absolute atomic E-state index is 13.8. The van der Waals surface area contributed by atoms with E-state index >= 15 is 0 Å². The van der Waals surface area contributed by atoms with Gasteiger partial charge in [-0.25, -0.2) is 22.2 Å². The summed E-state index contributed by atoms with van der Waals surface area (Å²) in [6.07, 6.45) is 0.820. The van der Waals surface area contributed by atoms with Gasteiger partial charge in [-0.3, -0.25) is 4.72 Å². The van der Waals surface area contributed by atoms with Crippen molar-refractivity contribution in [2.45, 2.75) is 4.90 Å². The molecule has 0 saturated carbocycles. The van der Waals surface area contributed by atoms with Gasteiger partial charge in [0.05, 0.1) is 11.2 Å². The lowest BCUT2D eigenvalue weighted by atomic mass is 10.3. The van der Waals surface area contributed by atoms with Crippen LogP contribution < -0.4 is 10.5 Å². The van der Waals surface area contributed by atoms with E-state index in [-0.39, 0.29) is 11.5 Å². The molecule has 0 bridgehead atoms. The maximum Gasteiger partial charge on any atom is 0.266 e. The first kappa shape index (κ1) is 14.5. The average Bonchev–Trinajstić information content (AvgIpc) is 2.36. The number of nitrogen functional groups attached to an aromatic ring is 1. The number of hydrogen-bond acceptors (Lipinski definition) is 4. The predicted octanol–water partition coefficient (Wildman–Crippen LogP) is 2.40. The second kappa shape index (κ2) is 5.22. The Balaban J connectivity index is 2.43. The van der Waals surface area contributed by atoms with Crippen molar-refractivity contribution in [3.8, 4) is 0 Å². The molecule has 1 aromatic heterocycles. The second-order valence-electron chi connectivity index (χ2n) is 3.78. The van der Waals surface area contributed by atoms with Crippen LogP contribution >= 0.6 is 11.6 Å². The minimum absolute atomic E-state index is 0.0103. The van der Waals surface area contributed by atoms with E-state index in [9.17, 15) is 17.2 Å². The highest BCUT2D eigenvalue weighted by Crippen LogP contribution is 2.26. The molecule has 5 nitrogen and oxygen atoms in total.